The van der Waals surface area contributed by atoms with Gasteiger partial charge in [0.15, 0.2) is 0 Å². The van der Waals surface area contributed by atoms with E-state index in [2.05, 4.69) is 5.32 Å². The molecule has 2 aliphatic heterocycles. The van der Waals surface area contributed by atoms with E-state index < -0.39 is 15.9 Å². The largest absolute Gasteiger partial charge is 0.351 e. The summed E-state index contributed by atoms with van der Waals surface area (Å²) in [4.78, 5) is 27.3. The third kappa shape index (κ3) is 4.95. The number of thiophene rings is 1. The van der Waals surface area contributed by atoms with Gasteiger partial charge in [-0.05, 0) is 43.2 Å². The lowest BCUT2D eigenvalue weighted by molar-refractivity contribution is -0.126. The molecule has 0 spiro atoms. The number of benzene rings is 1. The number of halogens is 1. The summed E-state index contributed by atoms with van der Waals surface area (Å²) in [5.74, 6) is -0.789. The van der Waals surface area contributed by atoms with Crippen LogP contribution in [0.1, 0.15) is 30.6 Å². The summed E-state index contributed by atoms with van der Waals surface area (Å²) in [5.41, 5.74) is 0.679. The quantitative estimate of drug-likeness (QED) is 0.686. The second kappa shape index (κ2) is 9.28. The predicted molar refractivity (Wildman–Crippen MR) is 121 cm³/mol. The molecule has 0 radical (unpaired) electrons. The number of rotatable bonds is 6. The van der Waals surface area contributed by atoms with Crippen molar-refractivity contribution >= 4 is 50.5 Å². The number of amides is 2. The van der Waals surface area contributed by atoms with Crippen molar-refractivity contribution in [2.75, 3.05) is 24.5 Å². The predicted octanol–water partition coefficient (Wildman–Crippen LogP) is 3.25. The molecule has 0 aliphatic carbocycles. The van der Waals surface area contributed by atoms with Crippen LogP contribution >= 0.6 is 22.9 Å². The maximum Gasteiger partial charge on any atom is 0.252 e. The molecule has 31 heavy (non-hydrogen) atoms. The maximum atomic E-state index is 12.8. The van der Waals surface area contributed by atoms with Gasteiger partial charge in [0.25, 0.3) is 10.0 Å². The van der Waals surface area contributed by atoms with Gasteiger partial charge in [-0.1, -0.05) is 24.1 Å². The average molecular weight is 482 g/mol. The van der Waals surface area contributed by atoms with Crippen molar-refractivity contribution in [2.24, 2.45) is 5.92 Å². The lowest BCUT2D eigenvalue weighted by Gasteiger charge is -2.25. The topological polar surface area (TPSA) is 86.8 Å². The molecule has 2 amide bonds. The van der Waals surface area contributed by atoms with Gasteiger partial charge in [0.1, 0.15) is 4.21 Å². The standard InChI is InChI=1S/C21H24ClN3O4S2/c22-16-5-4-6-17(12-16)25-14-15(11-19(25)26)21(27)23-13-18-7-8-20(30-18)31(28,29)24-9-2-1-3-10-24/h4-8,12,15H,1-3,9-11,13-14H2,(H,23,27)/t15-/m0/s1. The summed E-state index contributed by atoms with van der Waals surface area (Å²) in [6.07, 6.45) is 2.98. The zero-order valence-electron chi connectivity index (χ0n) is 16.9. The molecule has 2 aliphatic rings. The second-order valence-corrected chi connectivity index (χ2v) is 11.6. The van der Waals surface area contributed by atoms with Crippen molar-refractivity contribution in [1.82, 2.24) is 9.62 Å². The van der Waals surface area contributed by atoms with Gasteiger partial charge in [0.05, 0.1) is 12.5 Å². The molecule has 4 rings (SSSR count). The first kappa shape index (κ1) is 22.3. The molecule has 0 saturated carbocycles. The fraction of sp³-hybridized carbons (Fsp3) is 0.429. The highest BCUT2D eigenvalue weighted by atomic mass is 35.5. The minimum Gasteiger partial charge on any atom is -0.351 e. The third-order valence-electron chi connectivity index (χ3n) is 5.60. The van der Waals surface area contributed by atoms with Crippen molar-refractivity contribution in [3.05, 3.63) is 46.3 Å². The van der Waals surface area contributed by atoms with E-state index in [1.54, 1.807) is 45.6 Å². The van der Waals surface area contributed by atoms with Crippen LogP contribution in [0.4, 0.5) is 5.69 Å². The van der Waals surface area contributed by atoms with Crippen molar-refractivity contribution in [3.8, 4) is 0 Å². The Kier molecular flexibility index (Phi) is 6.66. The Hall–Kier alpha value is -1.94. The van der Waals surface area contributed by atoms with Crippen molar-refractivity contribution in [1.29, 1.82) is 0 Å². The maximum absolute atomic E-state index is 12.8. The number of hydrogen-bond acceptors (Lipinski definition) is 5. The first-order chi connectivity index (χ1) is 14.8. The first-order valence-electron chi connectivity index (χ1n) is 10.3. The van der Waals surface area contributed by atoms with Crippen LogP contribution < -0.4 is 10.2 Å². The van der Waals surface area contributed by atoms with Crippen molar-refractivity contribution < 1.29 is 18.0 Å². The number of sulfonamides is 1. The summed E-state index contributed by atoms with van der Waals surface area (Å²) >= 11 is 7.19. The van der Waals surface area contributed by atoms with E-state index in [9.17, 15) is 18.0 Å². The van der Waals surface area contributed by atoms with Crippen LogP contribution in [0.5, 0.6) is 0 Å². The number of carbonyl (C=O) groups is 2. The number of anilines is 1. The molecule has 166 valence electrons. The van der Waals surface area contributed by atoms with Gasteiger partial charge in [0.2, 0.25) is 11.8 Å². The Morgan fingerprint density at radius 2 is 1.94 bits per heavy atom. The number of carbonyl (C=O) groups excluding carboxylic acids is 2. The van der Waals surface area contributed by atoms with Gasteiger partial charge in [0, 0.05) is 41.6 Å². The Labute approximate surface area is 191 Å². The molecular formula is C21H24ClN3O4S2. The van der Waals surface area contributed by atoms with Gasteiger partial charge in [-0.25, -0.2) is 8.42 Å². The second-order valence-electron chi connectivity index (χ2n) is 7.79. The Morgan fingerprint density at radius 3 is 2.68 bits per heavy atom. The van der Waals surface area contributed by atoms with E-state index in [0.29, 0.717) is 34.6 Å². The van der Waals surface area contributed by atoms with Crippen LogP contribution in [0, 0.1) is 5.92 Å². The number of nitrogens with zero attached hydrogens (tertiary/aromatic N) is 2. The van der Waals surface area contributed by atoms with E-state index in [0.717, 1.165) is 24.1 Å². The Morgan fingerprint density at radius 1 is 1.16 bits per heavy atom. The van der Waals surface area contributed by atoms with E-state index >= 15 is 0 Å². The van der Waals surface area contributed by atoms with Gasteiger partial charge in [-0.15, -0.1) is 11.3 Å². The van der Waals surface area contributed by atoms with Crippen LogP contribution in [0.25, 0.3) is 0 Å². The molecule has 3 heterocycles. The van der Waals surface area contributed by atoms with Crippen LogP contribution in [-0.2, 0) is 26.2 Å². The summed E-state index contributed by atoms with van der Waals surface area (Å²) in [5, 5.41) is 3.38. The van der Waals surface area contributed by atoms with Gasteiger partial charge in [-0.3, -0.25) is 9.59 Å². The molecule has 2 saturated heterocycles. The summed E-state index contributed by atoms with van der Waals surface area (Å²) in [6.45, 7) is 1.65. The minimum atomic E-state index is -3.47. The molecule has 1 aromatic carbocycles. The normalized spacial score (nSPS) is 20.2. The molecule has 0 bridgehead atoms. The van der Waals surface area contributed by atoms with Crippen LogP contribution in [-0.4, -0.2) is 44.2 Å². The summed E-state index contributed by atoms with van der Waals surface area (Å²) in [7, 11) is -3.47. The smallest absolute Gasteiger partial charge is 0.252 e. The van der Waals surface area contributed by atoms with Crippen LogP contribution in [0.2, 0.25) is 5.02 Å². The fourth-order valence-electron chi connectivity index (χ4n) is 3.92. The Balaban J connectivity index is 1.35. The minimum absolute atomic E-state index is 0.117. The molecule has 0 unspecified atom stereocenters. The van der Waals surface area contributed by atoms with Crippen molar-refractivity contribution in [2.45, 2.75) is 36.4 Å². The number of piperidine rings is 1. The SMILES string of the molecule is O=C(NCc1ccc(S(=O)(=O)N2CCCCC2)s1)[C@H]1CC(=O)N(c2cccc(Cl)c2)C1. The molecule has 1 aromatic heterocycles. The lowest BCUT2D eigenvalue weighted by atomic mass is 10.1. The molecule has 1 N–H and O–H groups in total. The highest BCUT2D eigenvalue weighted by molar-refractivity contribution is 7.91. The molecule has 2 aromatic rings. The van der Waals surface area contributed by atoms with Gasteiger partial charge in [-0.2, -0.15) is 4.31 Å². The molecule has 2 fully saturated rings. The van der Waals surface area contributed by atoms with E-state index in [-0.39, 0.29) is 24.8 Å². The highest BCUT2D eigenvalue weighted by Gasteiger charge is 2.35. The summed E-state index contributed by atoms with van der Waals surface area (Å²) in [6, 6.07) is 10.3. The number of hydrogen-bond donors (Lipinski definition) is 1. The molecular weight excluding hydrogens is 458 g/mol. The highest BCUT2D eigenvalue weighted by Crippen LogP contribution is 2.29. The number of nitrogens with one attached hydrogen (secondary N) is 1. The summed E-state index contributed by atoms with van der Waals surface area (Å²) < 4.78 is 27.4. The van der Waals surface area contributed by atoms with Crippen molar-refractivity contribution in [3.63, 3.8) is 0 Å². The molecule has 10 heteroatoms. The molecule has 7 nitrogen and oxygen atoms in total. The Bertz CT molecular complexity index is 1080. The van der Waals surface area contributed by atoms with E-state index in [1.807, 2.05) is 0 Å². The van der Waals surface area contributed by atoms with E-state index in [4.69, 9.17) is 11.6 Å². The van der Waals surface area contributed by atoms with E-state index in [1.165, 1.54) is 11.3 Å². The van der Waals surface area contributed by atoms with Crippen LogP contribution in [0.15, 0.2) is 40.6 Å². The zero-order valence-corrected chi connectivity index (χ0v) is 19.3. The lowest BCUT2D eigenvalue weighted by Crippen LogP contribution is -2.35. The molecule has 1 atom stereocenters. The van der Waals surface area contributed by atoms with Crippen LogP contribution in [0.3, 0.4) is 0 Å². The zero-order chi connectivity index (χ0) is 22.0. The fourth-order valence-corrected chi connectivity index (χ4v) is 7.07. The van der Waals surface area contributed by atoms with Gasteiger partial charge >= 0.3 is 0 Å². The third-order valence-corrected chi connectivity index (χ3v) is 9.29. The monoisotopic (exact) mass is 481 g/mol. The average Bonchev–Trinajstić information content (AvgIpc) is 3.40. The first-order valence-corrected chi connectivity index (χ1v) is 12.9. The van der Waals surface area contributed by atoms with Gasteiger partial charge < -0.3 is 10.2 Å².